The second-order valence-corrected chi connectivity index (χ2v) is 17.5. The van der Waals surface area contributed by atoms with Gasteiger partial charge in [0, 0.05) is 12.8 Å². The lowest BCUT2D eigenvalue weighted by atomic mass is 10.1. The van der Waals surface area contributed by atoms with Gasteiger partial charge in [-0.05, 0) is 64.2 Å². The first-order valence-electron chi connectivity index (χ1n) is 22.1. The van der Waals surface area contributed by atoms with Crippen LogP contribution in [0.4, 0.5) is 0 Å². The Balaban J connectivity index is 4.36. The van der Waals surface area contributed by atoms with Gasteiger partial charge in [-0.3, -0.25) is 18.6 Å². The number of rotatable bonds is 40. The molecule has 0 heterocycles. The normalized spacial score (nSPS) is 13.8. The molecule has 1 N–H and O–H groups in total. The molecular formula is C44H85NO8P+. The minimum atomic E-state index is -4.37. The molecule has 0 aromatic rings. The number of phosphoric ester groups is 1. The Morgan fingerprint density at radius 1 is 0.556 bits per heavy atom. The second-order valence-electron chi connectivity index (χ2n) is 16.1. The molecule has 0 aromatic heterocycles. The fourth-order valence-corrected chi connectivity index (χ4v) is 6.69. The molecule has 0 spiro atoms. The maximum absolute atomic E-state index is 12.7. The van der Waals surface area contributed by atoms with Crippen molar-refractivity contribution in [2.75, 3.05) is 47.5 Å². The summed E-state index contributed by atoms with van der Waals surface area (Å²) in [6.45, 7) is 4.39. The van der Waals surface area contributed by atoms with E-state index in [0.717, 1.165) is 44.9 Å². The van der Waals surface area contributed by atoms with Crippen LogP contribution in [0.3, 0.4) is 0 Å². The van der Waals surface area contributed by atoms with Crippen LogP contribution in [-0.2, 0) is 32.7 Å². The van der Waals surface area contributed by atoms with Crippen molar-refractivity contribution in [1.29, 1.82) is 0 Å². The number of likely N-dealkylation sites (N-methyl/N-ethyl adjacent to an activating group) is 1. The predicted octanol–water partition coefficient (Wildman–Crippen LogP) is 12.4. The van der Waals surface area contributed by atoms with Gasteiger partial charge in [0.05, 0.1) is 27.7 Å². The van der Waals surface area contributed by atoms with Crippen LogP contribution >= 0.6 is 7.82 Å². The molecule has 0 aliphatic rings. The maximum Gasteiger partial charge on any atom is 0.472 e. The topological polar surface area (TPSA) is 108 Å². The third-order valence-corrected chi connectivity index (χ3v) is 10.4. The molecule has 10 heteroatoms. The van der Waals surface area contributed by atoms with E-state index in [1.165, 1.54) is 116 Å². The molecule has 9 nitrogen and oxygen atoms in total. The van der Waals surface area contributed by atoms with Gasteiger partial charge in [0.1, 0.15) is 19.8 Å². The van der Waals surface area contributed by atoms with Crippen LogP contribution in [0.1, 0.15) is 194 Å². The molecule has 0 bridgehead atoms. The van der Waals surface area contributed by atoms with Crippen molar-refractivity contribution >= 4 is 19.8 Å². The highest BCUT2D eigenvalue weighted by Crippen LogP contribution is 2.43. The molecule has 0 saturated carbocycles. The van der Waals surface area contributed by atoms with Gasteiger partial charge < -0.3 is 18.9 Å². The number of allylic oxidation sites excluding steroid dienone is 4. The van der Waals surface area contributed by atoms with E-state index in [2.05, 4.69) is 38.2 Å². The largest absolute Gasteiger partial charge is 0.472 e. The van der Waals surface area contributed by atoms with Gasteiger partial charge in [0.15, 0.2) is 6.10 Å². The highest BCUT2D eigenvalue weighted by atomic mass is 31.2. The molecule has 0 saturated heterocycles. The van der Waals surface area contributed by atoms with Crippen LogP contribution in [0, 0.1) is 0 Å². The number of hydrogen-bond acceptors (Lipinski definition) is 7. The lowest BCUT2D eigenvalue weighted by Crippen LogP contribution is -2.37. The lowest BCUT2D eigenvalue weighted by Gasteiger charge is -2.24. The zero-order valence-electron chi connectivity index (χ0n) is 35.7. The van der Waals surface area contributed by atoms with Crippen molar-refractivity contribution in [3.63, 3.8) is 0 Å². The van der Waals surface area contributed by atoms with Gasteiger partial charge in [0.2, 0.25) is 0 Å². The number of carbonyl (C=O) groups excluding carboxylic acids is 2. The van der Waals surface area contributed by atoms with Crippen molar-refractivity contribution in [2.24, 2.45) is 0 Å². The summed E-state index contributed by atoms with van der Waals surface area (Å²) in [5, 5.41) is 0. The van der Waals surface area contributed by atoms with Gasteiger partial charge in [-0.1, -0.05) is 141 Å². The molecule has 0 aliphatic carbocycles. The number of quaternary nitrogens is 1. The average molecular weight is 787 g/mol. The zero-order valence-corrected chi connectivity index (χ0v) is 36.6. The minimum Gasteiger partial charge on any atom is -0.462 e. The molecule has 0 aliphatic heterocycles. The summed E-state index contributed by atoms with van der Waals surface area (Å²) in [5.41, 5.74) is 0. The van der Waals surface area contributed by atoms with Gasteiger partial charge in [-0.2, -0.15) is 0 Å². The summed E-state index contributed by atoms with van der Waals surface area (Å²) in [7, 11) is 1.47. The van der Waals surface area contributed by atoms with Crippen LogP contribution < -0.4 is 0 Å². The van der Waals surface area contributed by atoms with Crippen LogP contribution in [0.15, 0.2) is 24.3 Å². The van der Waals surface area contributed by atoms with Gasteiger partial charge >= 0.3 is 19.8 Å². The molecule has 54 heavy (non-hydrogen) atoms. The number of phosphoric acid groups is 1. The maximum atomic E-state index is 12.7. The average Bonchev–Trinajstić information content (AvgIpc) is 3.12. The standard InChI is InChI=1S/C44H84NO8P/c1-6-8-10-12-14-16-18-20-22-24-26-28-30-32-34-36-43(46)50-40-42(41-52-54(48,49)51-39-38-45(3,4)5)53-44(47)37-35-33-31-29-27-25-23-21-19-17-15-13-11-9-7-2/h16-19,42H,6-15,20-41H2,1-5H3/p+1/b18-16-,19-17-. The Kier molecular flexibility index (Phi) is 36.1. The van der Waals surface area contributed by atoms with Crippen molar-refractivity contribution < 1.29 is 42.1 Å². The molecule has 0 fully saturated rings. The van der Waals surface area contributed by atoms with E-state index in [1.54, 1.807) is 0 Å². The van der Waals surface area contributed by atoms with Crippen LogP contribution in [-0.4, -0.2) is 74.9 Å². The van der Waals surface area contributed by atoms with E-state index in [9.17, 15) is 19.0 Å². The fraction of sp³-hybridized carbons (Fsp3) is 0.864. The predicted molar refractivity (Wildman–Crippen MR) is 224 cm³/mol. The van der Waals surface area contributed by atoms with Crippen molar-refractivity contribution in [1.82, 2.24) is 0 Å². The van der Waals surface area contributed by atoms with E-state index in [4.69, 9.17) is 18.5 Å². The van der Waals surface area contributed by atoms with Crippen LogP contribution in [0.2, 0.25) is 0 Å². The van der Waals surface area contributed by atoms with Crippen molar-refractivity contribution in [2.45, 2.75) is 200 Å². The van der Waals surface area contributed by atoms with Crippen LogP contribution in [0.25, 0.3) is 0 Å². The molecule has 318 valence electrons. The van der Waals surface area contributed by atoms with Gasteiger partial charge in [-0.25, -0.2) is 4.57 Å². The molecule has 0 radical (unpaired) electrons. The lowest BCUT2D eigenvalue weighted by molar-refractivity contribution is -0.870. The van der Waals surface area contributed by atoms with E-state index >= 15 is 0 Å². The summed E-state index contributed by atoms with van der Waals surface area (Å²) in [6.07, 6.45) is 39.3. The summed E-state index contributed by atoms with van der Waals surface area (Å²) >= 11 is 0. The Morgan fingerprint density at radius 3 is 1.37 bits per heavy atom. The van der Waals surface area contributed by atoms with Crippen molar-refractivity contribution in [3.8, 4) is 0 Å². The van der Waals surface area contributed by atoms with Crippen molar-refractivity contribution in [3.05, 3.63) is 24.3 Å². The zero-order chi connectivity index (χ0) is 40.0. The fourth-order valence-electron chi connectivity index (χ4n) is 5.94. The van der Waals surface area contributed by atoms with Crippen LogP contribution in [0.5, 0.6) is 0 Å². The molecule has 0 rings (SSSR count). The van der Waals surface area contributed by atoms with Gasteiger partial charge in [0.25, 0.3) is 0 Å². The number of unbranched alkanes of at least 4 members (excludes halogenated alkanes) is 22. The molecule has 0 aromatic carbocycles. The molecule has 0 amide bonds. The number of esters is 2. The highest BCUT2D eigenvalue weighted by Gasteiger charge is 2.27. The van der Waals surface area contributed by atoms with E-state index < -0.39 is 26.5 Å². The molecular weight excluding hydrogens is 701 g/mol. The van der Waals surface area contributed by atoms with E-state index in [-0.39, 0.29) is 32.0 Å². The Bertz CT molecular complexity index is 980. The SMILES string of the molecule is CCCCCC/C=C\CCCCCCCCCC(=O)OCC(COP(=O)(O)OCC[N+](C)(C)C)OC(=O)CCCCCCCCC/C=C\CCCCCC. The third-order valence-electron chi connectivity index (χ3n) is 9.45. The monoisotopic (exact) mass is 787 g/mol. The Labute approximate surface area is 332 Å². The number of hydrogen-bond donors (Lipinski definition) is 1. The Morgan fingerprint density at radius 2 is 0.944 bits per heavy atom. The third kappa shape index (κ3) is 40.2. The molecule has 2 unspecified atom stereocenters. The summed E-state index contributed by atoms with van der Waals surface area (Å²) in [5.74, 6) is -0.805. The highest BCUT2D eigenvalue weighted by molar-refractivity contribution is 7.47. The van der Waals surface area contributed by atoms with E-state index in [1.807, 2.05) is 21.1 Å². The first-order chi connectivity index (χ1) is 26.0. The Hall–Kier alpha value is -1.51. The van der Waals surface area contributed by atoms with E-state index in [0.29, 0.717) is 17.4 Å². The smallest absolute Gasteiger partial charge is 0.462 e. The first-order valence-corrected chi connectivity index (χ1v) is 23.6. The van der Waals surface area contributed by atoms with Gasteiger partial charge in [-0.15, -0.1) is 0 Å². The summed E-state index contributed by atoms with van der Waals surface area (Å²) in [6, 6.07) is 0. The molecule has 2 atom stereocenters. The number of carbonyl (C=O) groups is 2. The number of ether oxygens (including phenoxy) is 2. The first kappa shape index (κ1) is 52.5. The minimum absolute atomic E-state index is 0.0313. The summed E-state index contributed by atoms with van der Waals surface area (Å²) < 4.78 is 34.3. The quantitative estimate of drug-likeness (QED) is 0.0215. The summed E-state index contributed by atoms with van der Waals surface area (Å²) in [4.78, 5) is 35.3. The second kappa shape index (κ2) is 37.1. The number of nitrogens with zero attached hydrogens (tertiary/aromatic N) is 1.